The van der Waals surface area contributed by atoms with Gasteiger partial charge in [-0.2, -0.15) is 0 Å². The van der Waals surface area contributed by atoms with Crippen LogP contribution >= 0.6 is 0 Å². The topological polar surface area (TPSA) is 38.3 Å². The van der Waals surface area contributed by atoms with E-state index in [0.717, 1.165) is 16.9 Å². The predicted molar refractivity (Wildman–Crippen MR) is 76.8 cm³/mol. The van der Waals surface area contributed by atoms with Gasteiger partial charge in [0.25, 0.3) is 0 Å². The summed E-state index contributed by atoms with van der Waals surface area (Å²) in [5, 5.41) is 2.85. The number of hydrogen-bond donors (Lipinski definition) is 1. The molecule has 1 saturated carbocycles. The van der Waals surface area contributed by atoms with Crippen LogP contribution in [0.1, 0.15) is 36.8 Å². The second-order valence-corrected chi connectivity index (χ2v) is 5.68. The van der Waals surface area contributed by atoms with Gasteiger partial charge in [0.1, 0.15) is 5.75 Å². The van der Waals surface area contributed by atoms with Crippen LogP contribution in [0, 0.1) is 6.92 Å². The Hall–Kier alpha value is -1.65. The third kappa shape index (κ3) is 4.41. The van der Waals surface area contributed by atoms with Crippen LogP contribution in [-0.4, -0.2) is 25.0 Å². The molecule has 0 aliphatic heterocycles. The first-order valence-corrected chi connectivity index (χ1v) is 7.20. The first-order chi connectivity index (χ1) is 9.89. The number of aryl methyl sites for hydroxylation is 1. The van der Waals surface area contributed by atoms with Crippen molar-refractivity contribution in [2.24, 2.45) is 0 Å². The van der Waals surface area contributed by atoms with Gasteiger partial charge in [-0.1, -0.05) is 12.1 Å². The van der Waals surface area contributed by atoms with Crippen molar-refractivity contribution in [2.75, 3.05) is 7.11 Å². The highest BCUT2D eigenvalue weighted by atomic mass is 19.3. The van der Waals surface area contributed by atoms with E-state index in [0.29, 0.717) is 12.8 Å². The zero-order valence-electron chi connectivity index (χ0n) is 12.4. The Labute approximate surface area is 123 Å². The molecular weight excluding hydrogens is 276 g/mol. The maximum Gasteiger partial charge on any atom is 0.248 e. The molecule has 1 fully saturated rings. The average molecular weight is 297 g/mol. The molecule has 5 heteroatoms. The number of ether oxygens (including phenoxy) is 1. The molecule has 116 valence electrons. The predicted octanol–water partition coefficient (Wildman–Crippen LogP) is 3.24. The summed E-state index contributed by atoms with van der Waals surface area (Å²) in [5.74, 6) is -1.89. The molecular formula is C16H21F2NO2. The number of alkyl halides is 2. The summed E-state index contributed by atoms with van der Waals surface area (Å²) in [6, 6.07) is 5.46. The second kappa shape index (κ2) is 6.41. The van der Waals surface area contributed by atoms with Crippen molar-refractivity contribution >= 4 is 5.91 Å². The fourth-order valence-electron chi connectivity index (χ4n) is 2.70. The van der Waals surface area contributed by atoms with Crippen molar-refractivity contribution in [1.29, 1.82) is 0 Å². The van der Waals surface area contributed by atoms with Crippen LogP contribution < -0.4 is 10.1 Å². The van der Waals surface area contributed by atoms with Gasteiger partial charge in [-0.25, -0.2) is 8.78 Å². The Bertz CT molecular complexity index is 507. The van der Waals surface area contributed by atoms with E-state index in [1.54, 1.807) is 7.11 Å². The number of amides is 1. The Morgan fingerprint density at radius 1 is 1.38 bits per heavy atom. The summed E-state index contributed by atoms with van der Waals surface area (Å²) in [4.78, 5) is 12.0. The quantitative estimate of drug-likeness (QED) is 0.926. The zero-order valence-corrected chi connectivity index (χ0v) is 12.4. The van der Waals surface area contributed by atoms with Crippen LogP contribution in [0.2, 0.25) is 0 Å². The first kappa shape index (κ1) is 15.7. The highest BCUT2D eigenvalue weighted by Crippen LogP contribution is 2.33. The molecule has 1 aromatic rings. The van der Waals surface area contributed by atoms with Gasteiger partial charge in [-0.05, 0) is 37.0 Å². The van der Waals surface area contributed by atoms with Gasteiger partial charge in [0.2, 0.25) is 11.8 Å². The molecule has 1 aliphatic carbocycles. The molecule has 0 heterocycles. The van der Waals surface area contributed by atoms with Gasteiger partial charge in [-0.15, -0.1) is 0 Å². The second-order valence-electron chi connectivity index (χ2n) is 5.68. The van der Waals surface area contributed by atoms with Gasteiger partial charge >= 0.3 is 0 Å². The fourth-order valence-corrected chi connectivity index (χ4v) is 2.70. The van der Waals surface area contributed by atoms with Crippen LogP contribution in [-0.2, 0) is 11.2 Å². The van der Waals surface area contributed by atoms with E-state index >= 15 is 0 Å². The SMILES string of the molecule is COc1ccc(CC(=O)NC2CCC(F)(F)CC2)cc1C. The molecule has 2 rings (SSSR count). The molecule has 1 aliphatic rings. The van der Waals surface area contributed by atoms with Crippen molar-refractivity contribution in [3.8, 4) is 5.75 Å². The molecule has 1 amide bonds. The third-order valence-electron chi connectivity index (χ3n) is 3.91. The van der Waals surface area contributed by atoms with Crippen molar-refractivity contribution < 1.29 is 18.3 Å². The highest BCUT2D eigenvalue weighted by molar-refractivity contribution is 5.79. The first-order valence-electron chi connectivity index (χ1n) is 7.20. The molecule has 3 nitrogen and oxygen atoms in total. The third-order valence-corrected chi connectivity index (χ3v) is 3.91. The van der Waals surface area contributed by atoms with Crippen LogP contribution in [0.3, 0.4) is 0 Å². The lowest BCUT2D eigenvalue weighted by atomic mass is 9.92. The number of methoxy groups -OCH3 is 1. The number of halogens is 2. The number of carbonyl (C=O) groups is 1. The largest absolute Gasteiger partial charge is 0.496 e. The maximum atomic E-state index is 13.1. The highest BCUT2D eigenvalue weighted by Gasteiger charge is 2.35. The summed E-state index contributed by atoms with van der Waals surface area (Å²) >= 11 is 0. The fraction of sp³-hybridized carbons (Fsp3) is 0.562. The van der Waals surface area contributed by atoms with E-state index < -0.39 is 5.92 Å². The minimum Gasteiger partial charge on any atom is -0.496 e. The van der Waals surface area contributed by atoms with Gasteiger partial charge in [0.15, 0.2) is 0 Å². The molecule has 0 saturated heterocycles. The lowest BCUT2D eigenvalue weighted by Crippen LogP contribution is -2.40. The van der Waals surface area contributed by atoms with Gasteiger partial charge in [0.05, 0.1) is 13.5 Å². The molecule has 0 spiro atoms. The van der Waals surface area contributed by atoms with Gasteiger partial charge in [0, 0.05) is 18.9 Å². The normalized spacial score (nSPS) is 18.3. The van der Waals surface area contributed by atoms with Crippen molar-refractivity contribution in [3.05, 3.63) is 29.3 Å². The van der Waals surface area contributed by atoms with E-state index in [4.69, 9.17) is 4.74 Å². The van der Waals surface area contributed by atoms with Crippen molar-refractivity contribution in [3.63, 3.8) is 0 Å². The molecule has 0 bridgehead atoms. The van der Waals surface area contributed by atoms with Gasteiger partial charge in [-0.3, -0.25) is 4.79 Å². The summed E-state index contributed by atoms with van der Waals surface area (Å²) < 4.78 is 31.3. The monoisotopic (exact) mass is 297 g/mol. The number of rotatable bonds is 4. The molecule has 1 aromatic carbocycles. The molecule has 21 heavy (non-hydrogen) atoms. The number of hydrogen-bond acceptors (Lipinski definition) is 2. The summed E-state index contributed by atoms with van der Waals surface area (Å²) in [6.45, 7) is 1.92. The van der Waals surface area contributed by atoms with E-state index in [-0.39, 0.29) is 31.2 Å². The molecule has 1 N–H and O–H groups in total. The minimum absolute atomic E-state index is 0.116. The van der Waals surface area contributed by atoms with Crippen LogP contribution in [0.5, 0.6) is 5.75 Å². The summed E-state index contributed by atoms with van der Waals surface area (Å²) in [6.07, 6.45) is 0.678. The van der Waals surface area contributed by atoms with E-state index in [9.17, 15) is 13.6 Å². The Kier molecular flexibility index (Phi) is 4.80. The molecule has 0 unspecified atom stereocenters. The number of benzene rings is 1. The van der Waals surface area contributed by atoms with Crippen LogP contribution in [0.25, 0.3) is 0 Å². The van der Waals surface area contributed by atoms with Gasteiger partial charge < -0.3 is 10.1 Å². The number of carbonyl (C=O) groups excluding carboxylic acids is 1. The standard InChI is InChI=1S/C16H21F2NO2/c1-11-9-12(3-4-14(11)21-2)10-15(20)19-13-5-7-16(17,18)8-6-13/h3-4,9,13H,5-8,10H2,1-2H3,(H,19,20). The molecule has 0 atom stereocenters. The van der Waals surface area contributed by atoms with Crippen molar-refractivity contribution in [2.45, 2.75) is 51.0 Å². The summed E-state index contributed by atoms with van der Waals surface area (Å²) in [5.41, 5.74) is 1.87. The van der Waals surface area contributed by atoms with Crippen LogP contribution in [0.4, 0.5) is 8.78 Å². The lowest BCUT2D eigenvalue weighted by Gasteiger charge is -2.28. The minimum atomic E-state index is -2.56. The number of nitrogens with one attached hydrogen (secondary N) is 1. The smallest absolute Gasteiger partial charge is 0.248 e. The van der Waals surface area contributed by atoms with E-state index in [2.05, 4.69) is 5.32 Å². The zero-order chi connectivity index (χ0) is 15.5. The Morgan fingerprint density at radius 2 is 2.05 bits per heavy atom. The Balaban J connectivity index is 1.86. The molecule has 0 aromatic heterocycles. The Morgan fingerprint density at radius 3 is 2.62 bits per heavy atom. The summed E-state index contributed by atoms with van der Waals surface area (Å²) in [7, 11) is 1.60. The van der Waals surface area contributed by atoms with E-state index in [1.807, 2.05) is 25.1 Å². The molecule has 0 radical (unpaired) electrons. The lowest BCUT2D eigenvalue weighted by molar-refractivity contribution is -0.122. The van der Waals surface area contributed by atoms with E-state index in [1.165, 1.54) is 0 Å². The maximum absolute atomic E-state index is 13.1. The van der Waals surface area contributed by atoms with Crippen LogP contribution in [0.15, 0.2) is 18.2 Å². The average Bonchev–Trinajstić information content (AvgIpc) is 2.41. The van der Waals surface area contributed by atoms with Crippen molar-refractivity contribution in [1.82, 2.24) is 5.32 Å².